The van der Waals surface area contributed by atoms with E-state index >= 15 is 0 Å². The quantitative estimate of drug-likeness (QED) is 0.711. The molecular weight excluding hydrogens is 250 g/mol. The van der Waals surface area contributed by atoms with Crippen molar-refractivity contribution >= 4 is 5.65 Å². The summed E-state index contributed by atoms with van der Waals surface area (Å²) in [6.45, 7) is 7.27. The van der Waals surface area contributed by atoms with Gasteiger partial charge in [-0.3, -0.25) is 4.90 Å². The van der Waals surface area contributed by atoms with E-state index < -0.39 is 0 Å². The number of hydrogen-bond acceptors (Lipinski definition) is 3. The highest BCUT2D eigenvalue weighted by atomic mass is 16.3. The Labute approximate surface area is 118 Å². The molecule has 3 aromatic rings. The average Bonchev–Trinajstić information content (AvgIpc) is 3.12. The Morgan fingerprint density at radius 3 is 2.70 bits per heavy atom. The highest BCUT2D eigenvalue weighted by Crippen LogP contribution is 2.25. The second-order valence-corrected chi connectivity index (χ2v) is 4.77. The van der Waals surface area contributed by atoms with Crippen LogP contribution in [-0.4, -0.2) is 27.4 Å². The van der Waals surface area contributed by atoms with Crippen LogP contribution in [0.15, 0.2) is 47.2 Å². The molecule has 3 aromatic heterocycles. The molecule has 0 saturated heterocycles. The number of furan rings is 1. The van der Waals surface area contributed by atoms with Crippen molar-refractivity contribution in [1.29, 1.82) is 0 Å². The first-order valence-electron chi connectivity index (χ1n) is 7.05. The van der Waals surface area contributed by atoms with Gasteiger partial charge in [0.1, 0.15) is 11.3 Å². The molecule has 0 aromatic carbocycles. The SMILES string of the molecule is CCN(CC)Cc1c(-c2ccco2)nc2ccccn12. The van der Waals surface area contributed by atoms with Crippen LogP contribution in [0.3, 0.4) is 0 Å². The van der Waals surface area contributed by atoms with Gasteiger partial charge < -0.3 is 8.82 Å². The Morgan fingerprint density at radius 2 is 2.00 bits per heavy atom. The minimum absolute atomic E-state index is 0.829. The lowest BCUT2D eigenvalue weighted by Gasteiger charge is -2.18. The van der Waals surface area contributed by atoms with Crippen molar-refractivity contribution < 1.29 is 4.42 Å². The van der Waals surface area contributed by atoms with Crippen LogP contribution in [0.1, 0.15) is 19.5 Å². The van der Waals surface area contributed by atoms with Gasteiger partial charge in [-0.1, -0.05) is 19.9 Å². The van der Waals surface area contributed by atoms with Gasteiger partial charge in [0.25, 0.3) is 0 Å². The Bertz CT molecular complexity index is 681. The van der Waals surface area contributed by atoms with Crippen LogP contribution in [0.5, 0.6) is 0 Å². The summed E-state index contributed by atoms with van der Waals surface area (Å²) < 4.78 is 7.69. The number of aromatic nitrogens is 2. The molecule has 0 aliphatic heterocycles. The lowest BCUT2D eigenvalue weighted by atomic mass is 10.2. The Kier molecular flexibility index (Phi) is 3.56. The van der Waals surface area contributed by atoms with Crippen molar-refractivity contribution in [3.05, 3.63) is 48.5 Å². The van der Waals surface area contributed by atoms with Gasteiger partial charge in [-0.25, -0.2) is 4.98 Å². The van der Waals surface area contributed by atoms with Crippen molar-refractivity contribution in [2.45, 2.75) is 20.4 Å². The van der Waals surface area contributed by atoms with E-state index in [0.29, 0.717) is 0 Å². The zero-order valence-electron chi connectivity index (χ0n) is 11.9. The summed E-state index contributed by atoms with van der Waals surface area (Å²) >= 11 is 0. The van der Waals surface area contributed by atoms with Gasteiger partial charge in [0.15, 0.2) is 5.76 Å². The van der Waals surface area contributed by atoms with Crippen molar-refractivity contribution in [2.75, 3.05) is 13.1 Å². The van der Waals surface area contributed by atoms with E-state index in [-0.39, 0.29) is 0 Å². The second kappa shape index (κ2) is 5.51. The van der Waals surface area contributed by atoms with Crippen LogP contribution in [0.4, 0.5) is 0 Å². The third-order valence-corrected chi connectivity index (χ3v) is 3.65. The minimum atomic E-state index is 0.829. The molecule has 104 valence electrons. The van der Waals surface area contributed by atoms with E-state index in [9.17, 15) is 0 Å². The highest BCUT2D eigenvalue weighted by molar-refractivity contribution is 5.62. The fourth-order valence-electron chi connectivity index (χ4n) is 2.47. The third kappa shape index (κ3) is 2.23. The Balaban J connectivity index is 2.13. The summed E-state index contributed by atoms with van der Waals surface area (Å²) in [6, 6.07) is 9.94. The topological polar surface area (TPSA) is 33.7 Å². The fourth-order valence-corrected chi connectivity index (χ4v) is 2.47. The minimum Gasteiger partial charge on any atom is -0.463 e. The maximum atomic E-state index is 5.54. The number of fused-ring (bicyclic) bond motifs is 1. The molecule has 0 amide bonds. The maximum absolute atomic E-state index is 5.54. The van der Waals surface area contributed by atoms with Crippen LogP contribution in [0.25, 0.3) is 17.1 Å². The third-order valence-electron chi connectivity index (χ3n) is 3.65. The van der Waals surface area contributed by atoms with E-state index in [1.54, 1.807) is 6.26 Å². The van der Waals surface area contributed by atoms with Gasteiger partial charge in [-0.2, -0.15) is 0 Å². The average molecular weight is 269 g/mol. The van der Waals surface area contributed by atoms with Crippen LogP contribution in [-0.2, 0) is 6.54 Å². The first-order chi connectivity index (χ1) is 9.83. The Hall–Kier alpha value is -2.07. The maximum Gasteiger partial charge on any atom is 0.154 e. The van der Waals surface area contributed by atoms with Gasteiger partial charge in [-0.15, -0.1) is 0 Å². The largest absolute Gasteiger partial charge is 0.463 e. The van der Waals surface area contributed by atoms with Gasteiger partial charge in [0.05, 0.1) is 12.0 Å². The molecule has 0 fully saturated rings. The normalized spacial score (nSPS) is 11.6. The van der Waals surface area contributed by atoms with Gasteiger partial charge in [0, 0.05) is 12.7 Å². The van der Waals surface area contributed by atoms with E-state index in [4.69, 9.17) is 9.40 Å². The van der Waals surface area contributed by atoms with E-state index in [1.165, 1.54) is 5.69 Å². The number of imidazole rings is 1. The molecule has 0 spiro atoms. The van der Waals surface area contributed by atoms with Crippen LogP contribution in [0, 0.1) is 0 Å². The standard InChI is InChI=1S/C16H19N3O/c1-3-18(4-2)12-13-16(14-8-7-11-20-14)17-15-9-5-6-10-19(13)15/h5-11H,3-4,12H2,1-2H3. The van der Waals surface area contributed by atoms with Gasteiger partial charge >= 0.3 is 0 Å². The summed E-state index contributed by atoms with van der Waals surface area (Å²) in [4.78, 5) is 7.10. The molecular formula is C16H19N3O. The summed E-state index contributed by atoms with van der Waals surface area (Å²) in [7, 11) is 0. The molecule has 0 aliphatic rings. The molecule has 0 unspecified atom stereocenters. The highest BCUT2D eigenvalue weighted by Gasteiger charge is 2.17. The molecule has 0 atom stereocenters. The number of nitrogens with zero attached hydrogens (tertiary/aromatic N) is 3. The molecule has 20 heavy (non-hydrogen) atoms. The van der Waals surface area contributed by atoms with Crippen molar-refractivity contribution in [3.8, 4) is 11.5 Å². The molecule has 0 bridgehead atoms. The van der Waals surface area contributed by atoms with E-state index in [1.807, 2.05) is 30.3 Å². The smallest absolute Gasteiger partial charge is 0.154 e. The predicted octanol–water partition coefficient (Wildman–Crippen LogP) is 3.44. The lowest BCUT2D eigenvalue weighted by molar-refractivity contribution is 0.291. The number of hydrogen-bond donors (Lipinski definition) is 0. The first kappa shape index (κ1) is 12.9. The molecule has 3 heterocycles. The molecule has 0 N–H and O–H groups in total. The summed E-state index contributed by atoms with van der Waals surface area (Å²) in [5, 5.41) is 0. The molecule has 0 radical (unpaired) electrons. The predicted molar refractivity (Wildman–Crippen MR) is 79.5 cm³/mol. The van der Waals surface area contributed by atoms with Gasteiger partial charge in [0.2, 0.25) is 0 Å². The monoisotopic (exact) mass is 269 g/mol. The van der Waals surface area contributed by atoms with Gasteiger partial charge in [-0.05, 0) is 37.4 Å². The summed E-state index contributed by atoms with van der Waals surface area (Å²) in [5.74, 6) is 0.829. The molecule has 4 nitrogen and oxygen atoms in total. The first-order valence-corrected chi connectivity index (χ1v) is 7.05. The van der Waals surface area contributed by atoms with Crippen molar-refractivity contribution in [3.63, 3.8) is 0 Å². The van der Waals surface area contributed by atoms with Crippen molar-refractivity contribution in [1.82, 2.24) is 14.3 Å². The summed E-state index contributed by atoms with van der Waals surface area (Å²) in [5.41, 5.74) is 3.08. The van der Waals surface area contributed by atoms with Crippen molar-refractivity contribution in [2.24, 2.45) is 0 Å². The lowest BCUT2D eigenvalue weighted by Crippen LogP contribution is -2.23. The molecule has 0 saturated carbocycles. The summed E-state index contributed by atoms with van der Waals surface area (Å²) in [6.07, 6.45) is 3.76. The molecule has 3 rings (SSSR count). The number of rotatable bonds is 5. The fraction of sp³-hybridized carbons (Fsp3) is 0.312. The zero-order chi connectivity index (χ0) is 13.9. The van der Waals surface area contributed by atoms with E-state index in [0.717, 1.165) is 36.7 Å². The van der Waals surface area contributed by atoms with E-state index in [2.05, 4.69) is 29.3 Å². The molecule has 4 heteroatoms. The molecule has 0 aliphatic carbocycles. The Morgan fingerprint density at radius 1 is 1.15 bits per heavy atom. The zero-order valence-corrected chi connectivity index (χ0v) is 11.9. The van der Waals surface area contributed by atoms with Crippen LogP contribution >= 0.6 is 0 Å². The number of pyridine rings is 1. The van der Waals surface area contributed by atoms with Crippen LogP contribution in [0.2, 0.25) is 0 Å². The second-order valence-electron chi connectivity index (χ2n) is 4.77. The van der Waals surface area contributed by atoms with Crippen LogP contribution < -0.4 is 0 Å².